The highest BCUT2D eigenvalue weighted by Crippen LogP contribution is 2.31. The molecule has 0 unspecified atom stereocenters. The lowest BCUT2D eigenvalue weighted by Crippen LogP contribution is -2.16. The van der Waals surface area contributed by atoms with Gasteiger partial charge in [-0.3, -0.25) is 4.79 Å². The van der Waals surface area contributed by atoms with Crippen LogP contribution in [0.5, 0.6) is 0 Å². The lowest BCUT2D eigenvalue weighted by Gasteiger charge is -2.13. The highest BCUT2D eigenvalue weighted by atomic mass is 35.5. The number of hydrogen-bond donors (Lipinski definition) is 2. The maximum atomic E-state index is 13.4. The molecule has 6 nitrogen and oxygen atoms in total. The minimum absolute atomic E-state index is 0.105. The van der Waals surface area contributed by atoms with Gasteiger partial charge in [-0.2, -0.15) is 0 Å². The van der Waals surface area contributed by atoms with E-state index >= 15 is 0 Å². The van der Waals surface area contributed by atoms with Gasteiger partial charge in [0.2, 0.25) is 0 Å². The number of aliphatic carboxylic acids is 1. The van der Waals surface area contributed by atoms with Crippen molar-refractivity contribution in [2.24, 2.45) is 0 Å². The number of halogens is 1. The molecule has 0 aliphatic carbocycles. The molecule has 4 rings (SSSR count). The number of rotatable bonds is 5. The Kier molecular flexibility index (Phi) is 4.36. The average Bonchev–Trinajstić information content (AvgIpc) is 3.22. The lowest BCUT2D eigenvalue weighted by atomic mass is 10.2. The zero-order chi connectivity index (χ0) is 19.2. The maximum absolute atomic E-state index is 13.4. The molecule has 0 spiro atoms. The molecule has 0 fully saturated rings. The highest BCUT2D eigenvalue weighted by molar-refractivity contribution is 7.90. The Morgan fingerprint density at radius 1 is 1.19 bits per heavy atom. The zero-order valence-electron chi connectivity index (χ0n) is 14.3. The summed E-state index contributed by atoms with van der Waals surface area (Å²) in [4.78, 5) is 11.2. The number of benzene rings is 2. The molecule has 1 aromatic heterocycles. The van der Waals surface area contributed by atoms with Crippen LogP contribution in [0.4, 0.5) is 5.69 Å². The summed E-state index contributed by atoms with van der Waals surface area (Å²) in [5.41, 5.74) is 2.82. The average molecular weight is 405 g/mol. The predicted octanol–water partition coefficient (Wildman–Crippen LogP) is 3.52. The molecule has 0 saturated carbocycles. The van der Waals surface area contributed by atoms with Crippen LogP contribution in [0.2, 0.25) is 5.02 Å². The van der Waals surface area contributed by atoms with Crippen molar-refractivity contribution in [1.29, 1.82) is 0 Å². The van der Waals surface area contributed by atoms with Crippen molar-refractivity contribution in [2.45, 2.75) is 24.2 Å². The molecule has 1 aliphatic rings. The molecular formula is C19H17ClN2O4S. The van der Waals surface area contributed by atoms with Crippen molar-refractivity contribution in [3.05, 3.63) is 58.7 Å². The number of nitrogens with one attached hydrogen (secondary N) is 1. The standard InChI is InChI=1S/C19H17ClN2O4S/c20-14-1-5-18-13(9-14)10-15(2-6-19(23)24)22(18)27(25,26)16-3-4-17-12(11-16)7-8-21-17/h1,3-5,9-11,21H,2,6-8H2,(H,23,24). The van der Waals surface area contributed by atoms with E-state index in [4.69, 9.17) is 16.7 Å². The number of fused-ring (bicyclic) bond motifs is 2. The van der Waals surface area contributed by atoms with Gasteiger partial charge in [0.25, 0.3) is 10.0 Å². The van der Waals surface area contributed by atoms with Gasteiger partial charge in [-0.25, -0.2) is 12.4 Å². The third kappa shape index (κ3) is 3.17. The number of nitrogens with zero attached hydrogens (tertiary/aromatic N) is 1. The first-order chi connectivity index (χ1) is 12.9. The van der Waals surface area contributed by atoms with E-state index in [1.807, 2.05) is 0 Å². The van der Waals surface area contributed by atoms with Crippen molar-refractivity contribution < 1.29 is 18.3 Å². The molecule has 140 valence electrons. The molecule has 0 bridgehead atoms. The summed E-state index contributed by atoms with van der Waals surface area (Å²) in [6.07, 6.45) is 0.716. The van der Waals surface area contributed by atoms with Crippen LogP contribution < -0.4 is 5.32 Å². The Morgan fingerprint density at radius 2 is 2.00 bits per heavy atom. The number of anilines is 1. The van der Waals surface area contributed by atoms with Crippen LogP contribution in [0.1, 0.15) is 17.7 Å². The molecule has 1 aliphatic heterocycles. The summed E-state index contributed by atoms with van der Waals surface area (Å²) < 4.78 is 28.1. The molecule has 2 aromatic carbocycles. The quantitative estimate of drug-likeness (QED) is 0.679. The minimum atomic E-state index is -3.88. The van der Waals surface area contributed by atoms with E-state index in [0.717, 1.165) is 24.2 Å². The van der Waals surface area contributed by atoms with Crippen molar-refractivity contribution in [1.82, 2.24) is 3.97 Å². The molecule has 2 heterocycles. The van der Waals surface area contributed by atoms with Gasteiger partial charge in [0.1, 0.15) is 0 Å². The van der Waals surface area contributed by atoms with Gasteiger partial charge in [-0.1, -0.05) is 11.6 Å². The summed E-state index contributed by atoms with van der Waals surface area (Å²) in [6.45, 7) is 0.785. The van der Waals surface area contributed by atoms with Gasteiger partial charge in [-0.15, -0.1) is 0 Å². The zero-order valence-corrected chi connectivity index (χ0v) is 15.8. The van der Waals surface area contributed by atoms with Crippen LogP contribution in [0.3, 0.4) is 0 Å². The first-order valence-electron chi connectivity index (χ1n) is 8.50. The molecule has 0 amide bonds. The van der Waals surface area contributed by atoms with E-state index in [0.29, 0.717) is 21.6 Å². The van der Waals surface area contributed by atoms with Gasteiger partial charge in [-0.05, 0) is 60.9 Å². The van der Waals surface area contributed by atoms with E-state index < -0.39 is 16.0 Å². The molecular weight excluding hydrogens is 388 g/mol. The highest BCUT2D eigenvalue weighted by Gasteiger charge is 2.25. The summed E-state index contributed by atoms with van der Waals surface area (Å²) >= 11 is 6.04. The van der Waals surface area contributed by atoms with Gasteiger partial charge in [0.15, 0.2) is 0 Å². The summed E-state index contributed by atoms with van der Waals surface area (Å²) in [5.74, 6) is -0.981. The minimum Gasteiger partial charge on any atom is -0.481 e. The molecule has 2 N–H and O–H groups in total. The number of aryl methyl sites for hydroxylation is 1. The second kappa shape index (κ2) is 6.58. The van der Waals surface area contributed by atoms with Crippen LogP contribution in [-0.2, 0) is 27.7 Å². The van der Waals surface area contributed by atoms with Gasteiger partial charge in [0, 0.05) is 28.3 Å². The van der Waals surface area contributed by atoms with Crippen molar-refractivity contribution >= 4 is 44.2 Å². The fraction of sp³-hybridized carbons (Fsp3) is 0.211. The fourth-order valence-corrected chi connectivity index (χ4v) is 5.26. The SMILES string of the molecule is O=C(O)CCc1cc2cc(Cl)ccc2n1S(=O)(=O)c1ccc2c(c1)CCN2. The number of aromatic nitrogens is 1. The molecule has 27 heavy (non-hydrogen) atoms. The van der Waals surface area contributed by atoms with E-state index in [1.165, 1.54) is 3.97 Å². The molecule has 0 radical (unpaired) electrons. The topological polar surface area (TPSA) is 88.4 Å². The molecule has 0 saturated heterocycles. The Hall–Kier alpha value is -2.51. The lowest BCUT2D eigenvalue weighted by molar-refractivity contribution is -0.136. The number of carboxylic acids is 1. The molecule has 0 atom stereocenters. The van der Waals surface area contributed by atoms with Crippen LogP contribution in [-0.4, -0.2) is 30.0 Å². The van der Waals surface area contributed by atoms with Crippen LogP contribution >= 0.6 is 11.6 Å². The number of hydrogen-bond acceptors (Lipinski definition) is 4. The van der Waals surface area contributed by atoms with Gasteiger partial charge < -0.3 is 10.4 Å². The van der Waals surface area contributed by atoms with Crippen LogP contribution in [0, 0.1) is 0 Å². The van der Waals surface area contributed by atoms with Crippen molar-refractivity contribution in [3.8, 4) is 0 Å². The Bertz CT molecular complexity index is 1170. The van der Waals surface area contributed by atoms with Crippen LogP contribution in [0.25, 0.3) is 10.9 Å². The Balaban J connectivity index is 1.90. The van der Waals surface area contributed by atoms with Crippen LogP contribution in [0.15, 0.2) is 47.4 Å². The predicted molar refractivity (Wildman–Crippen MR) is 104 cm³/mol. The third-order valence-corrected chi connectivity index (χ3v) is 6.71. The summed E-state index contributed by atoms with van der Waals surface area (Å²) in [5, 5.41) is 13.4. The first kappa shape index (κ1) is 17.9. The monoisotopic (exact) mass is 404 g/mol. The second-order valence-electron chi connectivity index (χ2n) is 6.50. The van der Waals surface area contributed by atoms with E-state index in [1.54, 1.807) is 42.5 Å². The normalized spacial score (nSPS) is 13.5. The Morgan fingerprint density at radius 3 is 2.78 bits per heavy atom. The fourth-order valence-electron chi connectivity index (χ4n) is 3.46. The van der Waals surface area contributed by atoms with E-state index in [2.05, 4.69) is 5.32 Å². The number of carboxylic acid groups (broad SMARTS) is 1. The first-order valence-corrected chi connectivity index (χ1v) is 10.3. The third-order valence-electron chi connectivity index (χ3n) is 4.71. The largest absolute Gasteiger partial charge is 0.481 e. The smallest absolute Gasteiger partial charge is 0.303 e. The number of carbonyl (C=O) groups is 1. The summed E-state index contributed by atoms with van der Waals surface area (Å²) in [6, 6.07) is 11.7. The Labute approximate surface area is 161 Å². The molecule has 3 aromatic rings. The summed E-state index contributed by atoms with van der Waals surface area (Å²) in [7, 11) is -3.88. The van der Waals surface area contributed by atoms with E-state index in [9.17, 15) is 13.2 Å². The van der Waals surface area contributed by atoms with Gasteiger partial charge in [0.05, 0.1) is 16.8 Å². The second-order valence-corrected chi connectivity index (χ2v) is 8.72. The van der Waals surface area contributed by atoms with Gasteiger partial charge >= 0.3 is 5.97 Å². The molecule has 8 heteroatoms. The van der Waals surface area contributed by atoms with Crippen molar-refractivity contribution in [2.75, 3.05) is 11.9 Å². The maximum Gasteiger partial charge on any atom is 0.303 e. The van der Waals surface area contributed by atoms with E-state index in [-0.39, 0.29) is 17.7 Å². The van der Waals surface area contributed by atoms with Crippen molar-refractivity contribution in [3.63, 3.8) is 0 Å².